The Labute approximate surface area is 111 Å². The third-order valence-corrected chi connectivity index (χ3v) is 4.55. The van der Waals surface area contributed by atoms with E-state index in [1.165, 1.54) is 11.3 Å². The standard InChI is InChI=1S/C13H20N2O2S/c1-8-12(18-9(2)15-8)13(17)14-7-10-3-5-11(16)6-4-10/h10-11,16H,3-7H2,1-2H3,(H,14,17). The van der Waals surface area contributed by atoms with E-state index in [2.05, 4.69) is 10.3 Å². The molecule has 5 heteroatoms. The van der Waals surface area contributed by atoms with Gasteiger partial charge in [-0.3, -0.25) is 4.79 Å². The van der Waals surface area contributed by atoms with Crippen molar-refractivity contribution in [3.63, 3.8) is 0 Å². The molecule has 2 rings (SSSR count). The van der Waals surface area contributed by atoms with Gasteiger partial charge in [-0.2, -0.15) is 0 Å². The number of carbonyl (C=O) groups is 1. The van der Waals surface area contributed by atoms with Gasteiger partial charge in [0.25, 0.3) is 5.91 Å². The number of thiazole rings is 1. The summed E-state index contributed by atoms with van der Waals surface area (Å²) in [5.74, 6) is 0.496. The highest BCUT2D eigenvalue weighted by atomic mass is 32.1. The van der Waals surface area contributed by atoms with Gasteiger partial charge in [-0.1, -0.05) is 0 Å². The average Bonchev–Trinajstić information content (AvgIpc) is 2.67. The number of aliphatic hydroxyl groups excluding tert-OH is 1. The van der Waals surface area contributed by atoms with E-state index in [1.807, 2.05) is 13.8 Å². The number of aliphatic hydroxyl groups is 1. The lowest BCUT2D eigenvalue weighted by Crippen LogP contribution is -2.32. The lowest BCUT2D eigenvalue weighted by molar-refractivity contribution is 0.0913. The third-order valence-electron chi connectivity index (χ3n) is 3.48. The summed E-state index contributed by atoms with van der Waals surface area (Å²) < 4.78 is 0. The maximum atomic E-state index is 12.0. The van der Waals surface area contributed by atoms with Gasteiger partial charge in [0.1, 0.15) is 4.88 Å². The van der Waals surface area contributed by atoms with Crippen molar-refractivity contribution in [3.05, 3.63) is 15.6 Å². The predicted octanol–water partition coefficient (Wildman–Crippen LogP) is 2.04. The highest BCUT2D eigenvalue weighted by Crippen LogP contribution is 2.24. The Morgan fingerprint density at radius 1 is 1.39 bits per heavy atom. The van der Waals surface area contributed by atoms with Crippen molar-refractivity contribution in [2.24, 2.45) is 5.92 Å². The second kappa shape index (κ2) is 5.80. The molecule has 0 radical (unpaired) electrons. The van der Waals surface area contributed by atoms with Crippen LogP contribution in [0.3, 0.4) is 0 Å². The molecule has 18 heavy (non-hydrogen) atoms. The van der Waals surface area contributed by atoms with Crippen LogP contribution in [0.1, 0.15) is 46.1 Å². The van der Waals surface area contributed by atoms with E-state index in [4.69, 9.17) is 0 Å². The fraction of sp³-hybridized carbons (Fsp3) is 0.692. The summed E-state index contributed by atoms with van der Waals surface area (Å²) in [5.41, 5.74) is 0.814. The van der Waals surface area contributed by atoms with Crippen LogP contribution < -0.4 is 5.32 Å². The first-order chi connectivity index (χ1) is 8.56. The smallest absolute Gasteiger partial charge is 0.263 e. The van der Waals surface area contributed by atoms with Gasteiger partial charge in [0, 0.05) is 6.54 Å². The van der Waals surface area contributed by atoms with Crippen molar-refractivity contribution >= 4 is 17.2 Å². The van der Waals surface area contributed by atoms with Crippen LogP contribution in [-0.4, -0.2) is 28.6 Å². The molecule has 1 amide bonds. The van der Waals surface area contributed by atoms with Crippen LogP contribution in [-0.2, 0) is 0 Å². The molecule has 0 unspecified atom stereocenters. The van der Waals surface area contributed by atoms with Gasteiger partial charge in [-0.25, -0.2) is 4.98 Å². The normalized spacial score (nSPS) is 23.9. The molecule has 0 aromatic carbocycles. The monoisotopic (exact) mass is 268 g/mol. The molecule has 1 aliphatic rings. The average molecular weight is 268 g/mol. The van der Waals surface area contributed by atoms with Crippen LogP contribution in [0.25, 0.3) is 0 Å². The second-order valence-electron chi connectivity index (χ2n) is 5.03. The molecule has 0 bridgehead atoms. The lowest BCUT2D eigenvalue weighted by atomic mass is 9.87. The number of hydrogen-bond acceptors (Lipinski definition) is 4. The largest absolute Gasteiger partial charge is 0.393 e. The molecule has 4 nitrogen and oxygen atoms in total. The first-order valence-corrected chi connectivity index (χ1v) is 7.28. The Hall–Kier alpha value is -0.940. The molecule has 100 valence electrons. The van der Waals surface area contributed by atoms with Crippen LogP contribution in [0, 0.1) is 19.8 Å². The van der Waals surface area contributed by atoms with E-state index in [1.54, 1.807) is 0 Å². The van der Waals surface area contributed by atoms with E-state index in [-0.39, 0.29) is 12.0 Å². The lowest BCUT2D eigenvalue weighted by Gasteiger charge is -2.25. The minimum Gasteiger partial charge on any atom is -0.393 e. The molecule has 1 fully saturated rings. The zero-order valence-corrected chi connectivity index (χ0v) is 11.7. The highest BCUT2D eigenvalue weighted by molar-refractivity contribution is 7.13. The maximum Gasteiger partial charge on any atom is 0.263 e. The first kappa shape index (κ1) is 13.5. The number of hydrogen-bond donors (Lipinski definition) is 2. The fourth-order valence-corrected chi connectivity index (χ4v) is 3.24. The van der Waals surface area contributed by atoms with Gasteiger partial charge in [0.05, 0.1) is 16.8 Å². The first-order valence-electron chi connectivity index (χ1n) is 6.46. The summed E-state index contributed by atoms with van der Waals surface area (Å²) in [7, 11) is 0. The van der Waals surface area contributed by atoms with Crippen LogP contribution in [0.15, 0.2) is 0 Å². The van der Waals surface area contributed by atoms with E-state index in [0.29, 0.717) is 12.5 Å². The SMILES string of the molecule is Cc1nc(C)c(C(=O)NCC2CCC(O)CC2)s1. The number of nitrogens with zero attached hydrogens (tertiary/aromatic N) is 1. The van der Waals surface area contributed by atoms with Gasteiger partial charge < -0.3 is 10.4 Å². The number of nitrogens with one attached hydrogen (secondary N) is 1. The van der Waals surface area contributed by atoms with Gasteiger partial charge in [0.15, 0.2) is 0 Å². The summed E-state index contributed by atoms with van der Waals surface area (Å²) in [6, 6.07) is 0. The molecular formula is C13H20N2O2S. The van der Waals surface area contributed by atoms with Crippen molar-refractivity contribution in [2.45, 2.75) is 45.6 Å². The Bertz CT molecular complexity index is 423. The van der Waals surface area contributed by atoms with Crippen LogP contribution in [0.5, 0.6) is 0 Å². The minimum atomic E-state index is -0.136. The molecule has 1 aromatic rings. The summed E-state index contributed by atoms with van der Waals surface area (Å²) in [6.45, 7) is 4.49. The molecule has 1 aromatic heterocycles. The number of carbonyl (C=O) groups excluding carboxylic acids is 1. The summed E-state index contributed by atoms with van der Waals surface area (Å²) >= 11 is 1.45. The Morgan fingerprint density at radius 2 is 2.06 bits per heavy atom. The molecule has 1 saturated carbocycles. The number of rotatable bonds is 3. The van der Waals surface area contributed by atoms with E-state index in [9.17, 15) is 9.90 Å². The van der Waals surface area contributed by atoms with Gasteiger partial charge in [-0.05, 0) is 45.4 Å². The minimum absolute atomic E-state index is 0.00998. The Kier molecular flexibility index (Phi) is 4.35. The van der Waals surface area contributed by atoms with Crippen molar-refractivity contribution in [3.8, 4) is 0 Å². The molecule has 2 N–H and O–H groups in total. The molecule has 0 aliphatic heterocycles. The van der Waals surface area contributed by atoms with E-state index < -0.39 is 0 Å². The van der Waals surface area contributed by atoms with Gasteiger partial charge in [0.2, 0.25) is 0 Å². The van der Waals surface area contributed by atoms with Crippen molar-refractivity contribution < 1.29 is 9.90 Å². The maximum absolute atomic E-state index is 12.0. The highest BCUT2D eigenvalue weighted by Gasteiger charge is 2.21. The predicted molar refractivity (Wildman–Crippen MR) is 71.9 cm³/mol. The van der Waals surface area contributed by atoms with Crippen LogP contribution in [0.4, 0.5) is 0 Å². The summed E-state index contributed by atoms with van der Waals surface area (Å²) in [5, 5.41) is 13.3. The third kappa shape index (κ3) is 3.29. The van der Waals surface area contributed by atoms with E-state index in [0.717, 1.165) is 41.3 Å². The molecule has 0 spiro atoms. The van der Waals surface area contributed by atoms with Crippen LogP contribution >= 0.6 is 11.3 Å². The number of amides is 1. The number of aryl methyl sites for hydroxylation is 2. The number of aromatic nitrogens is 1. The summed E-state index contributed by atoms with van der Waals surface area (Å²) in [6.07, 6.45) is 3.59. The molecular weight excluding hydrogens is 248 g/mol. The van der Waals surface area contributed by atoms with Crippen LogP contribution in [0.2, 0.25) is 0 Å². The Morgan fingerprint density at radius 3 is 2.61 bits per heavy atom. The summed E-state index contributed by atoms with van der Waals surface area (Å²) in [4.78, 5) is 17.0. The molecule has 0 atom stereocenters. The quantitative estimate of drug-likeness (QED) is 0.882. The van der Waals surface area contributed by atoms with Crippen molar-refractivity contribution in [1.29, 1.82) is 0 Å². The second-order valence-corrected chi connectivity index (χ2v) is 6.24. The zero-order chi connectivity index (χ0) is 13.1. The fourth-order valence-electron chi connectivity index (χ4n) is 2.41. The van der Waals surface area contributed by atoms with Crippen molar-refractivity contribution in [2.75, 3.05) is 6.54 Å². The Balaban J connectivity index is 1.83. The molecule has 1 heterocycles. The van der Waals surface area contributed by atoms with Crippen molar-refractivity contribution in [1.82, 2.24) is 10.3 Å². The zero-order valence-electron chi connectivity index (χ0n) is 10.9. The van der Waals surface area contributed by atoms with E-state index >= 15 is 0 Å². The van der Waals surface area contributed by atoms with Gasteiger partial charge >= 0.3 is 0 Å². The molecule has 1 aliphatic carbocycles. The topological polar surface area (TPSA) is 62.2 Å². The molecule has 0 saturated heterocycles. The van der Waals surface area contributed by atoms with Gasteiger partial charge in [-0.15, -0.1) is 11.3 Å².